The molecule has 4 nitrogen and oxygen atoms in total. The van der Waals surface area contributed by atoms with Crippen LogP contribution in [-0.2, 0) is 4.79 Å². The standard InChI is InChI=1S/C7H13NO3S/c1-12-4-7(11)8-2-5(9)6(10)3-8/h5-6,9-10H,2-4H2,1H3. The van der Waals surface area contributed by atoms with E-state index in [-0.39, 0.29) is 19.0 Å². The Morgan fingerprint density at radius 1 is 1.50 bits per heavy atom. The summed E-state index contributed by atoms with van der Waals surface area (Å²) in [5, 5.41) is 18.3. The van der Waals surface area contributed by atoms with Gasteiger partial charge in [0.1, 0.15) is 0 Å². The monoisotopic (exact) mass is 191 g/mol. The lowest BCUT2D eigenvalue weighted by molar-refractivity contribution is -0.127. The van der Waals surface area contributed by atoms with Gasteiger partial charge in [-0.05, 0) is 6.26 Å². The zero-order valence-electron chi connectivity index (χ0n) is 6.93. The molecule has 0 aromatic carbocycles. The lowest BCUT2D eigenvalue weighted by atomic mass is 10.3. The number of rotatable bonds is 2. The van der Waals surface area contributed by atoms with Gasteiger partial charge in [0.2, 0.25) is 5.91 Å². The highest BCUT2D eigenvalue weighted by molar-refractivity contribution is 7.99. The number of aliphatic hydroxyl groups excluding tert-OH is 2. The van der Waals surface area contributed by atoms with Crippen LogP contribution in [0.1, 0.15) is 0 Å². The van der Waals surface area contributed by atoms with Gasteiger partial charge in [0.25, 0.3) is 0 Å². The van der Waals surface area contributed by atoms with Crippen LogP contribution < -0.4 is 0 Å². The Kier molecular flexibility index (Phi) is 3.37. The van der Waals surface area contributed by atoms with Gasteiger partial charge in [-0.3, -0.25) is 4.79 Å². The van der Waals surface area contributed by atoms with E-state index in [2.05, 4.69) is 0 Å². The number of nitrogens with zero attached hydrogens (tertiary/aromatic N) is 1. The number of aliphatic hydroxyl groups is 2. The first-order valence-corrected chi connectivity index (χ1v) is 5.17. The highest BCUT2D eigenvalue weighted by Gasteiger charge is 2.31. The molecule has 0 spiro atoms. The molecule has 1 rings (SSSR count). The van der Waals surface area contributed by atoms with Crippen molar-refractivity contribution in [3.63, 3.8) is 0 Å². The van der Waals surface area contributed by atoms with Gasteiger partial charge >= 0.3 is 0 Å². The maximum absolute atomic E-state index is 11.2. The van der Waals surface area contributed by atoms with E-state index in [4.69, 9.17) is 10.2 Å². The minimum absolute atomic E-state index is 0.0156. The average molecular weight is 191 g/mol. The minimum Gasteiger partial charge on any atom is -0.388 e. The summed E-state index contributed by atoms with van der Waals surface area (Å²) in [6, 6.07) is 0. The third-order valence-corrected chi connectivity index (χ3v) is 2.42. The van der Waals surface area contributed by atoms with Gasteiger partial charge < -0.3 is 15.1 Å². The number of hydrogen-bond donors (Lipinski definition) is 2. The molecule has 2 unspecified atom stereocenters. The van der Waals surface area contributed by atoms with E-state index in [0.717, 1.165) is 0 Å². The zero-order chi connectivity index (χ0) is 9.14. The fourth-order valence-electron chi connectivity index (χ4n) is 1.19. The van der Waals surface area contributed by atoms with Gasteiger partial charge in [0.15, 0.2) is 0 Å². The second-order valence-corrected chi connectivity index (χ2v) is 3.73. The van der Waals surface area contributed by atoms with Crippen molar-refractivity contribution >= 4 is 17.7 Å². The molecule has 0 aromatic heterocycles. The van der Waals surface area contributed by atoms with Crippen LogP contribution in [0.3, 0.4) is 0 Å². The van der Waals surface area contributed by atoms with Crippen molar-refractivity contribution < 1.29 is 15.0 Å². The van der Waals surface area contributed by atoms with E-state index in [9.17, 15) is 4.79 Å². The highest BCUT2D eigenvalue weighted by Crippen LogP contribution is 2.11. The van der Waals surface area contributed by atoms with E-state index in [0.29, 0.717) is 5.75 Å². The van der Waals surface area contributed by atoms with E-state index in [1.54, 1.807) is 0 Å². The van der Waals surface area contributed by atoms with E-state index in [1.165, 1.54) is 16.7 Å². The Bertz CT molecular complexity index is 166. The fourth-order valence-corrected chi connectivity index (χ4v) is 1.62. The van der Waals surface area contributed by atoms with Gasteiger partial charge in [0, 0.05) is 13.1 Å². The van der Waals surface area contributed by atoms with Crippen molar-refractivity contribution in [1.82, 2.24) is 4.90 Å². The van der Waals surface area contributed by atoms with Crippen molar-refractivity contribution in [3.8, 4) is 0 Å². The Morgan fingerprint density at radius 3 is 2.42 bits per heavy atom. The Morgan fingerprint density at radius 2 is 2.00 bits per heavy atom. The summed E-state index contributed by atoms with van der Waals surface area (Å²) >= 11 is 1.44. The van der Waals surface area contributed by atoms with Gasteiger partial charge in [-0.25, -0.2) is 0 Å². The van der Waals surface area contributed by atoms with E-state index in [1.807, 2.05) is 6.26 Å². The van der Waals surface area contributed by atoms with Crippen molar-refractivity contribution in [1.29, 1.82) is 0 Å². The Hall–Kier alpha value is -0.260. The molecule has 5 heteroatoms. The van der Waals surface area contributed by atoms with Crippen molar-refractivity contribution in [2.24, 2.45) is 0 Å². The second-order valence-electron chi connectivity index (χ2n) is 2.87. The van der Waals surface area contributed by atoms with Crippen LogP contribution in [0.25, 0.3) is 0 Å². The maximum Gasteiger partial charge on any atom is 0.232 e. The molecule has 1 fully saturated rings. The number of amides is 1. The molecule has 0 aliphatic carbocycles. The first kappa shape index (κ1) is 9.83. The number of β-amino-alcohol motifs (C(OH)–C–C–N with tert-alkyl or cyclic N) is 2. The van der Waals surface area contributed by atoms with Crippen LogP contribution in [0.5, 0.6) is 0 Å². The topological polar surface area (TPSA) is 60.8 Å². The second kappa shape index (κ2) is 4.11. The number of carbonyl (C=O) groups is 1. The molecular formula is C7H13NO3S. The van der Waals surface area contributed by atoms with E-state index < -0.39 is 12.2 Å². The number of hydrogen-bond acceptors (Lipinski definition) is 4. The van der Waals surface area contributed by atoms with Crippen LogP contribution in [0.15, 0.2) is 0 Å². The third-order valence-electron chi connectivity index (χ3n) is 1.88. The van der Waals surface area contributed by atoms with Crippen LogP contribution in [0.4, 0.5) is 0 Å². The quantitative estimate of drug-likeness (QED) is 0.582. The molecule has 2 atom stereocenters. The van der Waals surface area contributed by atoms with Crippen LogP contribution >= 0.6 is 11.8 Å². The predicted molar refractivity (Wildman–Crippen MR) is 47.0 cm³/mol. The molecular weight excluding hydrogens is 178 g/mol. The minimum atomic E-state index is -0.768. The summed E-state index contributed by atoms with van der Waals surface area (Å²) in [6.45, 7) is 0.529. The molecule has 2 N–H and O–H groups in total. The highest BCUT2D eigenvalue weighted by atomic mass is 32.2. The molecule has 1 amide bonds. The summed E-state index contributed by atoms with van der Waals surface area (Å²) in [5.74, 6) is 0.400. The van der Waals surface area contributed by atoms with Crippen molar-refractivity contribution in [2.75, 3.05) is 25.1 Å². The Balaban J connectivity index is 2.40. The smallest absolute Gasteiger partial charge is 0.232 e. The molecule has 1 aliphatic rings. The van der Waals surface area contributed by atoms with Crippen molar-refractivity contribution in [2.45, 2.75) is 12.2 Å². The fraction of sp³-hybridized carbons (Fsp3) is 0.857. The van der Waals surface area contributed by atoms with Crippen LogP contribution in [0.2, 0.25) is 0 Å². The molecule has 0 aromatic rings. The SMILES string of the molecule is CSCC(=O)N1CC(O)C(O)C1. The third kappa shape index (κ3) is 2.12. The van der Waals surface area contributed by atoms with Gasteiger partial charge in [-0.15, -0.1) is 0 Å². The predicted octanol–water partition coefficient (Wildman–Crippen LogP) is -1.09. The van der Waals surface area contributed by atoms with Gasteiger partial charge in [-0.2, -0.15) is 11.8 Å². The summed E-state index contributed by atoms with van der Waals surface area (Å²) < 4.78 is 0. The maximum atomic E-state index is 11.2. The number of carbonyl (C=O) groups excluding carboxylic acids is 1. The Labute approximate surface area is 75.6 Å². The van der Waals surface area contributed by atoms with Crippen LogP contribution in [0, 0.1) is 0 Å². The summed E-state index contributed by atoms with van der Waals surface area (Å²) in [4.78, 5) is 12.7. The lowest BCUT2D eigenvalue weighted by Gasteiger charge is -2.13. The summed E-state index contributed by atoms with van der Waals surface area (Å²) in [7, 11) is 0. The van der Waals surface area contributed by atoms with Gasteiger partial charge in [-0.1, -0.05) is 0 Å². The molecule has 70 valence electrons. The van der Waals surface area contributed by atoms with Gasteiger partial charge in [0.05, 0.1) is 18.0 Å². The first-order chi connectivity index (χ1) is 5.65. The summed E-state index contributed by atoms with van der Waals surface area (Å²) in [6.07, 6.45) is 0.312. The van der Waals surface area contributed by atoms with E-state index >= 15 is 0 Å². The molecule has 0 saturated carbocycles. The zero-order valence-corrected chi connectivity index (χ0v) is 7.75. The largest absolute Gasteiger partial charge is 0.388 e. The first-order valence-electron chi connectivity index (χ1n) is 3.78. The average Bonchev–Trinajstić information content (AvgIpc) is 2.33. The molecule has 12 heavy (non-hydrogen) atoms. The summed E-state index contributed by atoms with van der Waals surface area (Å²) in [5.41, 5.74) is 0. The molecule has 0 bridgehead atoms. The molecule has 1 saturated heterocycles. The molecule has 1 aliphatic heterocycles. The molecule has 1 heterocycles. The number of thioether (sulfide) groups is 1. The lowest BCUT2D eigenvalue weighted by Crippen LogP contribution is -2.31. The normalized spacial score (nSPS) is 29.4. The molecule has 0 radical (unpaired) electrons. The van der Waals surface area contributed by atoms with Crippen molar-refractivity contribution in [3.05, 3.63) is 0 Å². The number of likely N-dealkylation sites (tertiary alicyclic amines) is 1. The van der Waals surface area contributed by atoms with Crippen LogP contribution in [-0.4, -0.2) is 58.3 Å².